The molecular weight excluding hydrogens is 382 g/mol. The number of amides is 1. The molecule has 9 heteroatoms. The second kappa shape index (κ2) is 8.99. The molecule has 0 radical (unpaired) electrons. The molecule has 1 amide bonds. The molecule has 0 saturated carbocycles. The van der Waals surface area contributed by atoms with E-state index in [0.29, 0.717) is 5.82 Å². The van der Waals surface area contributed by atoms with Crippen molar-refractivity contribution < 1.29 is 9.53 Å². The van der Waals surface area contributed by atoms with Crippen LogP contribution in [-0.2, 0) is 17.9 Å². The first-order valence-electron chi connectivity index (χ1n) is 9.49. The van der Waals surface area contributed by atoms with Gasteiger partial charge in [-0.15, -0.1) is 10.2 Å². The molecule has 9 nitrogen and oxygen atoms in total. The molecule has 2 aromatic heterocycles. The lowest BCUT2D eigenvalue weighted by molar-refractivity contribution is -0.122. The normalized spacial score (nSPS) is 11.8. The molecule has 0 fully saturated rings. The van der Waals surface area contributed by atoms with Crippen LogP contribution in [0.2, 0.25) is 0 Å². The van der Waals surface area contributed by atoms with Crippen LogP contribution in [0.15, 0.2) is 73.3 Å². The predicted octanol–water partition coefficient (Wildman–Crippen LogP) is 2.32. The minimum Gasteiger partial charge on any atom is -0.485 e. The zero-order chi connectivity index (χ0) is 20.8. The highest BCUT2D eigenvalue weighted by Crippen LogP contribution is 2.15. The van der Waals surface area contributed by atoms with Crippen molar-refractivity contribution in [3.8, 4) is 11.4 Å². The number of nitrogens with one attached hydrogen (secondary N) is 1. The van der Waals surface area contributed by atoms with Crippen molar-refractivity contribution in [2.45, 2.75) is 26.1 Å². The minimum absolute atomic E-state index is 0.0181. The van der Waals surface area contributed by atoms with Crippen molar-refractivity contribution in [2.24, 2.45) is 0 Å². The maximum absolute atomic E-state index is 12.4. The molecule has 0 aliphatic heterocycles. The Balaban J connectivity index is 1.28. The molecule has 0 aliphatic rings. The highest BCUT2D eigenvalue weighted by molar-refractivity contribution is 5.76. The minimum atomic E-state index is -0.200. The van der Waals surface area contributed by atoms with Gasteiger partial charge >= 0.3 is 0 Å². The van der Waals surface area contributed by atoms with Crippen LogP contribution in [0.4, 0.5) is 0 Å². The van der Waals surface area contributed by atoms with Gasteiger partial charge in [0.2, 0.25) is 11.7 Å². The highest BCUT2D eigenvalue weighted by atomic mass is 16.5. The van der Waals surface area contributed by atoms with Gasteiger partial charge in [0.25, 0.3) is 0 Å². The fraction of sp³-hybridized carbons (Fsp3) is 0.190. The number of para-hydroxylation sites is 1. The van der Waals surface area contributed by atoms with E-state index in [0.717, 1.165) is 17.0 Å². The van der Waals surface area contributed by atoms with E-state index >= 15 is 0 Å². The summed E-state index contributed by atoms with van der Waals surface area (Å²) in [7, 11) is 0. The monoisotopic (exact) mass is 403 g/mol. The SMILES string of the molecule is CC(NC(=O)Cn1nnc(COc2ccccc2)n1)c1ccc(-n2ccnc2)cc1. The first kappa shape index (κ1) is 19.3. The van der Waals surface area contributed by atoms with Gasteiger partial charge in [0.1, 0.15) is 12.3 Å². The summed E-state index contributed by atoms with van der Waals surface area (Å²) in [6.45, 7) is 2.10. The Bertz CT molecular complexity index is 1080. The number of aromatic nitrogens is 6. The number of carbonyl (C=O) groups excluding carboxylic acids is 1. The molecular formula is C21H21N7O2. The number of imidazole rings is 1. The Morgan fingerprint density at radius 3 is 2.67 bits per heavy atom. The molecule has 1 unspecified atom stereocenters. The van der Waals surface area contributed by atoms with Crippen LogP contribution in [0.3, 0.4) is 0 Å². The molecule has 2 aromatic carbocycles. The lowest BCUT2D eigenvalue weighted by Crippen LogP contribution is -2.30. The molecule has 0 saturated heterocycles. The van der Waals surface area contributed by atoms with Gasteiger partial charge in [0.05, 0.1) is 12.4 Å². The lowest BCUT2D eigenvalue weighted by atomic mass is 10.1. The highest BCUT2D eigenvalue weighted by Gasteiger charge is 2.12. The van der Waals surface area contributed by atoms with Crippen molar-refractivity contribution in [3.63, 3.8) is 0 Å². The zero-order valence-electron chi connectivity index (χ0n) is 16.4. The summed E-state index contributed by atoms with van der Waals surface area (Å²) in [5, 5.41) is 15.0. The lowest BCUT2D eigenvalue weighted by Gasteiger charge is -2.14. The van der Waals surface area contributed by atoms with E-state index in [9.17, 15) is 4.79 Å². The number of hydrogen-bond donors (Lipinski definition) is 1. The molecule has 2 heterocycles. The summed E-state index contributed by atoms with van der Waals surface area (Å²) < 4.78 is 7.50. The van der Waals surface area contributed by atoms with Crippen LogP contribution in [0.1, 0.15) is 24.4 Å². The van der Waals surface area contributed by atoms with Crippen molar-refractivity contribution in [3.05, 3.63) is 84.7 Å². The molecule has 30 heavy (non-hydrogen) atoms. The van der Waals surface area contributed by atoms with Crippen LogP contribution in [0.25, 0.3) is 5.69 Å². The Morgan fingerprint density at radius 1 is 1.13 bits per heavy atom. The quantitative estimate of drug-likeness (QED) is 0.485. The van der Waals surface area contributed by atoms with Crippen LogP contribution < -0.4 is 10.1 Å². The van der Waals surface area contributed by atoms with Gasteiger partial charge in [-0.25, -0.2) is 4.98 Å². The van der Waals surface area contributed by atoms with E-state index in [2.05, 4.69) is 25.7 Å². The molecule has 152 valence electrons. The second-order valence-corrected chi connectivity index (χ2v) is 6.69. The summed E-state index contributed by atoms with van der Waals surface area (Å²) in [4.78, 5) is 17.7. The summed E-state index contributed by atoms with van der Waals surface area (Å²) in [5.74, 6) is 0.934. The van der Waals surface area contributed by atoms with E-state index in [4.69, 9.17) is 4.74 Å². The number of carbonyl (C=O) groups is 1. The van der Waals surface area contributed by atoms with Gasteiger partial charge < -0.3 is 14.6 Å². The van der Waals surface area contributed by atoms with Gasteiger partial charge in [-0.05, 0) is 42.0 Å². The summed E-state index contributed by atoms with van der Waals surface area (Å²) in [6.07, 6.45) is 5.35. The summed E-state index contributed by atoms with van der Waals surface area (Å²) in [5.41, 5.74) is 2.00. The number of benzene rings is 2. The van der Waals surface area contributed by atoms with E-state index in [1.165, 1.54) is 4.80 Å². The van der Waals surface area contributed by atoms with E-state index in [1.54, 1.807) is 12.5 Å². The average Bonchev–Trinajstić information content (AvgIpc) is 3.45. The van der Waals surface area contributed by atoms with Crippen LogP contribution in [0.5, 0.6) is 5.75 Å². The molecule has 1 atom stereocenters. The number of ether oxygens (including phenoxy) is 1. The molecule has 4 rings (SSSR count). The van der Waals surface area contributed by atoms with Crippen molar-refractivity contribution in [1.82, 2.24) is 35.1 Å². The topological polar surface area (TPSA) is 99.8 Å². The first-order chi connectivity index (χ1) is 14.7. The average molecular weight is 403 g/mol. The maximum atomic E-state index is 12.4. The Kier molecular flexibility index (Phi) is 5.79. The molecule has 4 aromatic rings. The molecule has 0 aliphatic carbocycles. The fourth-order valence-electron chi connectivity index (χ4n) is 2.91. The van der Waals surface area contributed by atoms with Crippen molar-refractivity contribution in [1.29, 1.82) is 0 Å². The summed E-state index contributed by atoms with van der Waals surface area (Å²) >= 11 is 0. The Labute approximate surface area is 173 Å². The smallest absolute Gasteiger partial charge is 0.244 e. The van der Waals surface area contributed by atoms with Crippen LogP contribution in [-0.4, -0.2) is 35.7 Å². The van der Waals surface area contributed by atoms with Gasteiger partial charge in [0.15, 0.2) is 6.61 Å². The number of nitrogens with zero attached hydrogens (tertiary/aromatic N) is 6. The zero-order valence-corrected chi connectivity index (χ0v) is 16.4. The van der Waals surface area contributed by atoms with Gasteiger partial charge in [0, 0.05) is 18.1 Å². The number of hydrogen-bond acceptors (Lipinski definition) is 6. The Hall–Kier alpha value is -4.01. The molecule has 0 bridgehead atoms. The predicted molar refractivity (Wildman–Crippen MR) is 109 cm³/mol. The molecule has 1 N–H and O–H groups in total. The van der Waals surface area contributed by atoms with E-state index < -0.39 is 0 Å². The fourth-order valence-corrected chi connectivity index (χ4v) is 2.91. The van der Waals surface area contributed by atoms with E-state index in [-0.39, 0.29) is 25.1 Å². The molecule has 0 spiro atoms. The third kappa shape index (κ3) is 4.88. The van der Waals surface area contributed by atoms with Crippen molar-refractivity contribution >= 4 is 5.91 Å². The van der Waals surface area contributed by atoms with Crippen molar-refractivity contribution in [2.75, 3.05) is 0 Å². The van der Waals surface area contributed by atoms with Crippen LogP contribution >= 0.6 is 0 Å². The first-order valence-corrected chi connectivity index (χ1v) is 9.49. The third-order valence-electron chi connectivity index (χ3n) is 4.46. The number of tetrazole rings is 1. The van der Waals surface area contributed by atoms with Gasteiger partial charge in [-0.1, -0.05) is 30.3 Å². The van der Waals surface area contributed by atoms with Crippen LogP contribution in [0, 0.1) is 0 Å². The van der Waals surface area contributed by atoms with Gasteiger partial charge in [-0.2, -0.15) is 4.80 Å². The maximum Gasteiger partial charge on any atom is 0.244 e. The standard InChI is InChI=1S/C21H21N7O2/c1-16(17-7-9-18(10-8-17)27-12-11-22-15-27)23-21(29)13-28-25-20(24-26-28)14-30-19-5-3-2-4-6-19/h2-12,15-16H,13-14H2,1H3,(H,23,29). The van der Waals surface area contributed by atoms with E-state index in [1.807, 2.05) is 72.3 Å². The Morgan fingerprint density at radius 2 is 1.93 bits per heavy atom. The third-order valence-corrected chi connectivity index (χ3v) is 4.46. The summed E-state index contributed by atoms with van der Waals surface area (Å²) in [6, 6.07) is 17.2. The van der Waals surface area contributed by atoms with Gasteiger partial charge in [-0.3, -0.25) is 4.79 Å². The largest absolute Gasteiger partial charge is 0.485 e. The number of rotatable bonds is 8. The second-order valence-electron chi connectivity index (χ2n) is 6.69.